The van der Waals surface area contributed by atoms with E-state index in [1.807, 2.05) is 0 Å². The Labute approximate surface area is 388 Å². The third-order valence-corrected chi connectivity index (χ3v) is 12.7. The lowest BCUT2D eigenvalue weighted by Crippen LogP contribution is -2.11. The highest BCUT2D eigenvalue weighted by atomic mass is 15.1. The van der Waals surface area contributed by atoms with Crippen LogP contribution in [0.5, 0.6) is 0 Å². The van der Waals surface area contributed by atoms with Crippen LogP contribution < -0.4 is 9.80 Å². The van der Waals surface area contributed by atoms with Gasteiger partial charge in [-0.2, -0.15) is 0 Å². The number of rotatable bonds is 11. The van der Waals surface area contributed by atoms with Gasteiger partial charge in [0.25, 0.3) is 0 Å². The van der Waals surface area contributed by atoms with Crippen LogP contribution >= 0.6 is 0 Å². The largest absolute Gasteiger partial charge is 0.310 e. The molecule has 0 spiro atoms. The topological polar surface area (TPSA) is 6.48 Å². The van der Waals surface area contributed by atoms with Crippen LogP contribution in [0.1, 0.15) is 18.4 Å². The number of anilines is 6. The first kappa shape index (κ1) is 40.3. The van der Waals surface area contributed by atoms with Gasteiger partial charge < -0.3 is 9.80 Å². The summed E-state index contributed by atoms with van der Waals surface area (Å²) in [5.41, 5.74) is 18.7. The van der Waals surface area contributed by atoms with E-state index < -0.39 is 0 Å². The second-order valence-corrected chi connectivity index (χ2v) is 16.8. The number of para-hydroxylation sites is 1. The van der Waals surface area contributed by atoms with Crippen molar-refractivity contribution in [2.45, 2.75) is 12.8 Å². The van der Waals surface area contributed by atoms with Crippen LogP contribution in [0.3, 0.4) is 0 Å². The van der Waals surface area contributed by atoms with Crippen LogP contribution in [0.25, 0.3) is 60.9 Å². The molecule has 2 heteroatoms. The first-order chi connectivity index (χ1) is 32.7. The monoisotopic (exact) mass is 844 g/mol. The Kier molecular flexibility index (Phi) is 11.2. The molecule has 0 radical (unpaired) electrons. The van der Waals surface area contributed by atoms with Gasteiger partial charge in [-0.3, -0.25) is 0 Å². The molecule has 314 valence electrons. The van der Waals surface area contributed by atoms with E-state index in [2.05, 4.69) is 277 Å². The summed E-state index contributed by atoms with van der Waals surface area (Å²) in [6, 6.07) is 90.1. The van der Waals surface area contributed by atoms with Crippen LogP contribution in [-0.2, 0) is 0 Å². The lowest BCUT2D eigenvalue weighted by atomic mass is 9.94. The average Bonchev–Trinajstić information content (AvgIpc) is 3.41. The van der Waals surface area contributed by atoms with E-state index >= 15 is 0 Å². The smallest absolute Gasteiger partial charge is 0.0540 e. The van der Waals surface area contributed by atoms with Gasteiger partial charge in [-0.15, -0.1) is 0 Å². The molecule has 0 atom stereocenters. The number of hydrogen-bond donors (Lipinski definition) is 0. The zero-order valence-corrected chi connectivity index (χ0v) is 36.7. The van der Waals surface area contributed by atoms with E-state index in [1.165, 1.54) is 55.3 Å². The van der Waals surface area contributed by atoms with Gasteiger partial charge in [0.05, 0.1) is 5.69 Å². The van der Waals surface area contributed by atoms with Crippen molar-refractivity contribution in [2.75, 3.05) is 9.80 Å². The lowest BCUT2D eigenvalue weighted by Gasteiger charge is -2.28. The fourth-order valence-corrected chi connectivity index (χ4v) is 9.37. The molecule has 0 saturated carbocycles. The fraction of sp³-hybridized carbons (Fsp3) is 0.0312. The molecule has 1 aliphatic carbocycles. The number of fused-ring (bicyclic) bond motifs is 1. The number of nitrogens with zero attached hydrogens (tertiary/aromatic N) is 2. The molecule has 0 unspecified atom stereocenters. The summed E-state index contributed by atoms with van der Waals surface area (Å²) in [5.74, 6) is 0. The summed E-state index contributed by atoms with van der Waals surface area (Å²) in [4.78, 5) is 4.78. The summed E-state index contributed by atoms with van der Waals surface area (Å²) >= 11 is 0. The Morgan fingerprint density at radius 2 is 0.712 bits per heavy atom. The summed E-state index contributed by atoms with van der Waals surface area (Å²) in [7, 11) is 0. The summed E-state index contributed by atoms with van der Waals surface area (Å²) < 4.78 is 0. The normalized spacial score (nSPS) is 12.2. The Morgan fingerprint density at radius 1 is 0.273 bits per heavy atom. The Bertz CT molecular complexity index is 3300. The maximum absolute atomic E-state index is 2.40. The van der Waals surface area contributed by atoms with Gasteiger partial charge in [-0.05, 0) is 147 Å². The first-order valence-electron chi connectivity index (χ1n) is 22.9. The highest BCUT2D eigenvalue weighted by molar-refractivity contribution is 6.06. The lowest BCUT2D eigenvalue weighted by molar-refractivity contribution is 1.04. The Morgan fingerprint density at radius 3 is 1.26 bits per heavy atom. The Balaban J connectivity index is 0.972. The molecule has 10 aromatic rings. The molecule has 0 aliphatic heterocycles. The molecular formula is C64H48N2. The molecule has 0 amide bonds. The number of benzene rings is 10. The van der Waals surface area contributed by atoms with Gasteiger partial charge >= 0.3 is 0 Å². The molecule has 1 aliphatic rings. The average molecular weight is 845 g/mol. The molecule has 10 aromatic carbocycles. The maximum Gasteiger partial charge on any atom is 0.0540 e. The van der Waals surface area contributed by atoms with Gasteiger partial charge in [0.15, 0.2) is 0 Å². The molecule has 0 N–H and O–H groups in total. The first-order valence-corrected chi connectivity index (χ1v) is 22.9. The van der Waals surface area contributed by atoms with Gasteiger partial charge in [-0.1, -0.05) is 194 Å². The second kappa shape index (κ2) is 18.3. The highest BCUT2D eigenvalue weighted by Crippen LogP contribution is 2.44. The van der Waals surface area contributed by atoms with E-state index in [0.717, 1.165) is 58.1 Å². The van der Waals surface area contributed by atoms with Crippen molar-refractivity contribution >= 4 is 50.5 Å². The van der Waals surface area contributed by atoms with Crippen molar-refractivity contribution in [3.8, 4) is 44.5 Å². The minimum absolute atomic E-state index is 1.05. The number of hydrogen-bond acceptors (Lipinski definition) is 2. The SMILES string of the molecule is C1=CC(c2cc(-c3ccccc3)cc(N(c3ccc(-c4ccccc4)cc3)c3ccc(-c4ccc(N(c5ccccc5)c5ccc(-c6ccccc6)c6ccccc56)cc4)cc3)c2)=CCC1. The third-order valence-electron chi connectivity index (χ3n) is 12.7. The van der Waals surface area contributed by atoms with Crippen molar-refractivity contribution in [3.63, 3.8) is 0 Å². The minimum atomic E-state index is 1.05. The van der Waals surface area contributed by atoms with Crippen LogP contribution in [0.2, 0.25) is 0 Å². The zero-order valence-electron chi connectivity index (χ0n) is 36.7. The van der Waals surface area contributed by atoms with Crippen LogP contribution in [0.4, 0.5) is 34.1 Å². The molecule has 0 saturated heterocycles. The van der Waals surface area contributed by atoms with Crippen LogP contribution in [-0.4, -0.2) is 0 Å². The van der Waals surface area contributed by atoms with E-state index in [-0.39, 0.29) is 0 Å². The van der Waals surface area contributed by atoms with Crippen molar-refractivity contribution in [1.29, 1.82) is 0 Å². The van der Waals surface area contributed by atoms with Gasteiger partial charge in [-0.25, -0.2) is 0 Å². The van der Waals surface area contributed by atoms with Crippen LogP contribution in [0.15, 0.2) is 267 Å². The van der Waals surface area contributed by atoms with Crippen molar-refractivity contribution in [2.24, 2.45) is 0 Å². The van der Waals surface area contributed by atoms with Crippen molar-refractivity contribution < 1.29 is 0 Å². The molecular weight excluding hydrogens is 797 g/mol. The van der Waals surface area contributed by atoms with E-state index in [0.29, 0.717) is 0 Å². The van der Waals surface area contributed by atoms with Gasteiger partial charge in [0, 0.05) is 33.8 Å². The van der Waals surface area contributed by atoms with Gasteiger partial charge in [0.1, 0.15) is 0 Å². The molecule has 66 heavy (non-hydrogen) atoms. The maximum atomic E-state index is 2.40. The molecule has 0 heterocycles. The van der Waals surface area contributed by atoms with Crippen molar-refractivity contribution in [1.82, 2.24) is 0 Å². The fourth-order valence-electron chi connectivity index (χ4n) is 9.37. The van der Waals surface area contributed by atoms with E-state index in [9.17, 15) is 0 Å². The molecule has 0 aromatic heterocycles. The Hall–Kier alpha value is -8.46. The summed E-state index contributed by atoms with van der Waals surface area (Å²) in [6.45, 7) is 0. The minimum Gasteiger partial charge on any atom is -0.310 e. The predicted octanol–water partition coefficient (Wildman–Crippen LogP) is 18.2. The van der Waals surface area contributed by atoms with E-state index in [4.69, 9.17) is 0 Å². The predicted molar refractivity (Wildman–Crippen MR) is 281 cm³/mol. The quantitative estimate of drug-likeness (QED) is 0.128. The van der Waals surface area contributed by atoms with Gasteiger partial charge in [0.2, 0.25) is 0 Å². The number of allylic oxidation sites excluding steroid dienone is 4. The molecule has 11 rings (SSSR count). The van der Waals surface area contributed by atoms with Crippen LogP contribution in [0, 0.1) is 0 Å². The standard InChI is InChI=1S/C64H48N2/c1-6-18-47(19-7-1)50-30-36-57(37-31-50)65(60-45-54(48-20-8-2-9-21-48)44-55(46-60)49-22-10-3-11-23-49)58-38-32-51(33-39-58)52-34-40-59(41-35-52)66(56-26-14-5-15-27-56)64-43-42-61(53-24-12-4-13-25-53)62-28-16-17-29-63(62)64/h1-2,4-10,12-46H,3,11H2. The third kappa shape index (κ3) is 8.25. The molecule has 0 fully saturated rings. The second-order valence-electron chi connectivity index (χ2n) is 16.8. The zero-order chi connectivity index (χ0) is 44.1. The highest BCUT2D eigenvalue weighted by Gasteiger charge is 2.19. The molecule has 2 nitrogen and oxygen atoms in total. The summed E-state index contributed by atoms with van der Waals surface area (Å²) in [6.07, 6.45) is 9.07. The van der Waals surface area contributed by atoms with Crippen molar-refractivity contribution in [3.05, 3.63) is 273 Å². The van der Waals surface area contributed by atoms with E-state index in [1.54, 1.807) is 0 Å². The molecule has 0 bridgehead atoms. The summed E-state index contributed by atoms with van der Waals surface area (Å²) in [5, 5.41) is 2.43.